The van der Waals surface area contributed by atoms with Crippen molar-refractivity contribution in [2.24, 2.45) is 0 Å². The quantitative estimate of drug-likeness (QED) is 0.133. The lowest BCUT2D eigenvalue weighted by molar-refractivity contribution is 0.660. The van der Waals surface area contributed by atoms with Gasteiger partial charge in [0.15, 0.2) is 0 Å². The maximum atomic E-state index is 2.43. The number of rotatable bonds is 9. The molecule has 1 aliphatic rings. The van der Waals surface area contributed by atoms with E-state index in [9.17, 15) is 0 Å². The molecule has 0 spiro atoms. The van der Waals surface area contributed by atoms with Crippen molar-refractivity contribution in [2.75, 3.05) is 9.80 Å². The molecule has 0 aromatic heterocycles. The van der Waals surface area contributed by atoms with E-state index in [0.717, 1.165) is 34.1 Å². The zero-order valence-corrected chi connectivity index (χ0v) is 39.2. The number of fused-ring (bicyclic) bond motifs is 5. The molecule has 0 N–H and O–H groups in total. The normalized spacial score (nSPS) is 12.7. The molecule has 0 amide bonds. The highest BCUT2D eigenvalue weighted by Gasteiger charge is 2.36. The Morgan fingerprint density at radius 2 is 0.701 bits per heavy atom. The molecular formula is C65H54N2. The summed E-state index contributed by atoms with van der Waals surface area (Å²) in [7, 11) is 0. The lowest BCUT2D eigenvalue weighted by atomic mass is 9.81. The number of hydrogen-bond acceptors (Lipinski definition) is 2. The minimum atomic E-state index is -0.175. The fourth-order valence-corrected chi connectivity index (χ4v) is 10.0. The highest BCUT2D eigenvalue weighted by atomic mass is 15.1. The van der Waals surface area contributed by atoms with Crippen molar-refractivity contribution >= 4 is 67.8 Å². The largest absolute Gasteiger partial charge is 0.310 e. The summed E-state index contributed by atoms with van der Waals surface area (Å²) in [6.07, 6.45) is 4.49. The fourth-order valence-electron chi connectivity index (χ4n) is 10.0. The molecule has 0 fully saturated rings. The van der Waals surface area contributed by atoms with Crippen molar-refractivity contribution in [3.05, 3.63) is 251 Å². The fraction of sp³-hybridized carbons (Fsp3) is 0.108. The smallest absolute Gasteiger partial charge is 0.0468 e. The Balaban J connectivity index is 0.843. The van der Waals surface area contributed by atoms with Gasteiger partial charge in [-0.15, -0.1) is 0 Å². The average Bonchev–Trinajstić information content (AvgIpc) is 3.58. The monoisotopic (exact) mass is 862 g/mol. The van der Waals surface area contributed by atoms with Crippen molar-refractivity contribution in [3.8, 4) is 22.3 Å². The first-order valence-electron chi connectivity index (χ1n) is 23.5. The number of nitrogens with zero attached hydrogens (tertiary/aromatic N) is 2. The van der Waals surface area contributed by atoms with Gasteiger partial charge in [-0.3, -0.25) is 0 Å². The first kappa shape index (κ1) is 41.7. The molecule has 1 aliphatic carbocycles. The average molecular weight is 863 g/mol. The molecule has 2 heteroatoms. The van der Waals surface area contributed by atoms with E-state index < -0.39 is 0 Å². The minimum Gasteiger partial charge on any atom is -0.310 e. The second kappa shape index (κ2) is 16.8. The molecule has 0 aliphatic heterocycles. The van der Waals surface area contributed by atoms with Crippen LogP contribution in [0.4, 0.5) is 34.1 Å². The lowest BCUT2D eigenvalue weighted by Crippen LogP contribution is -2.16. The SMILES string of the molecule is Cc1ccc(N(c2ccc(-c3ccc(/C=C/c4ccc5c(c4)C(C)(C)c4cc(N(c6ccc(C)c(C)c6)c6ccc7ccccc7c6)ccc4-5)cc3)cc2)c2ccc3ccccc3c2)cc1C. The van der Waals surface area contributed by atoms with Gasteiger partial charge in [-0.2, -0.15) is 0 Å². The maximum Gasteiger partial charge on any atom is 0.0468 e. The highest BCUT2D eigenvalue weighted by molar-refractivity contribution is 5.92. The highest BCUT2D eigenvalue weighted by Crippen LogP contribution is 2.51. The van der Waals surface area contributed by atoms with Crippen LogP contribution in [0.25, 0.3) is 56.0 Å². The van der Waals surface area contributed by atoms with Gasteiger partial charge in [-0.05, 0) is 189 Å². The molecule has 2 nitrogen and oxygen atoms in total. The molecule has 0 atom stereocenters. The van der Waals surface area contributed by atoms with Crippen LogP contribution in [0.2, 0.25) is 0 Å². The zero-order valence-electron chi connectivity index (χ0n) is 39.2. The van der Waals surface area contributed by atoms with Crippen molar-refractivity contribution < 1.29 is 0 Å². The summed E-state index contributed by atoms with van der Waals surface area (Å²) in [5.41, 5.74) is 22.0. The summed E-state index contributed by atoms with van der Waals surface area (Å²) in [4.78, 5) is 4.78. The van der Waals surface area contributed by atoms with E-state index >= 15 is 0 Å². The second-order valence-corrected chi connectivity index (χ2v) is 18.9. The van der Waals surface area contributed by atoms with Crippen molar-refractivity contribution in [2.45, 2.75) is 47.0 Å². The predicted octanol–water partition coefficient (Wildman–Crippen LogP) is 18.3. The number of benzene rings is 10. The molecule has 67 heavy (non-hydrogen) atoms. The molecular weight excluding hydrogens is 809 g/mol. The Kier molecular flexibility index (Phi) is 10.5. The number of hydrogen-bond donors (Lipinski definition) is 0. The summed E-state index contributed by atoms with van der Waals surface area (Å²) >= 11 is 0. The summed E-state index contributed by atoms with van der Waals surface area (Å²) in [6.45, 7) is 13.5. The van der Waals surface area contributed by atoms with Gasteiger partial charge in [0.25, 0.3) is 0 Å². The molecule has 0 bridgehead atoms. The van der Waals surface area contributed by atoms with Crippen LogP contribution in [0.1, 0.15) is 58.4 Å². The molecule has 0 saturated carbocycles. The van der Waals surface area contributed by atoms with Gasteiger partial charge in [0, 0.05) is 39.5 Å². The van der Waals surface area contributed by atoms with Crippen LogP contribution >= 0.6 is 0 Å². The first-order valence-corrected chi connectivity index (χ1v) is 23.5. The summed E-state index contributed by atoms with van der Waals surface area (Å²) in [5.74, 6) is 0. The van der Waals surface area contributed by atoms with Gasteiger partial charge in [-0.25, -0.2) is 0 Å². The van der Waals surface area contributed by atoms with E-state index in [1.807, 2.05) is 0 Å². The first-order chi connectivity index (χ1) is 32.6. The Hall–Kier alpha value is -7.94. The van der Waals surface area contributed by atoms with Crippen LogP contribution < -0.4 is 9.80 Å². The topological polar surface area (TPSA) is 6.48 Å². The van der Waals surface area contributed by atoms with E-state index in [2.05, 4.69) is 270 Å². The third-order valence-electron chi connectivity index (χ3n) is 14.3. The van der Waals surface area contributed by atoms with E-state index in [0.29, 0.717) is 0 Å². The predicted molar refractivity (Wildman–Crippen MR) is 288 cm³/mol. The molecule has 324 valence electrons. The summed E-state index contributed by atoms with van der Waals surface area (Å²) in [5, 5.41) is 4.95. The molecule has 0 unspecified atom stereocenters. The van der Waals surface area contributed by atoms with E-state index in [-0.39, 0.29) is 5.41 Å². The van der Waals surface area contributed by atoms with Crippen molar-refractivity contribution in [1.82, 2.24) is 0 Å². The minimum absolute atomic E-state index is 0.175. The van der Waals surface area contributed by atoms with E-state index in [1.54, 1.807) is 0 Å². The van der Waals surface area contributed by atoms with E-state index in [1.165, 1.54) is 88.3 Å². The summed E-state index contributed by atoms with van der Waals surface area (Å²) < 4.78 is 0. The molecule has 10 aromatic carbocycles. The van der Waals surface area contributed by atoms with Crippen LogP contribution in [0.15, 0.2) is 206 Å². The van der Waals surface area contributed by atoms with Crippen LogP contribution in [-0.2, 0) is 5.41 Å². The number of aryl methyl sites for hydroxylation is 4. The van der Waals surface area contributed by atoms with Gasteiger partial charge in [0.1, 0.15) is 0 Å². The Bertz CT molecular complexity index is 3540. The third kappa shape index (κ3) is 7.79. The Labute approximate surface area is 395 Å². The Morgan fingerprint density at radius 1 is 0.313 bits per heavy atom. The third-order valence-corrected chi connectivity index (χ3v) is 14.3. The molecule has 11 rings (SSSR count). The van der Waals surface area contributed by atoms with Crippen LogP contribution in [0, 0.1) is 27.7 Å². The van der Waals surface area contributed by atoms with Gasteiger partial charge in [-0.1, -0.05) is 159 Å². The van der Waals surface area contributed by atoms with Gasteiger partial charge in [0.2, 0.25) is 0 Å². The lowest BCUT2D eigenvalue weighted by Gasteiger charge is -2.29. The van der Waals surface area contributed by atoms with Gasteiger partial charge < -0.3 is 9.80 Å². The molecule has 10 aromatic rings. The zero-order chi connectivity index (χ0) is 45.8. The van der Waals surface area contributed by atoms with Gasteiger partial charge in [0.05, 0.1) is 0 Å². The van der Waals surface area contributed by atoms with Crippen LogP contribution in [0.3, 0.4) is 0 Å². The van der Waals surface area contributed by atoms with Gasteiger partial charge >= 0.3 is 0 Å². The Morgan fingerprint density at radius 3 is 1.25 bits per heavy atom. The second-order valence-electron chi connectivity index (χ2n) is 18.9. The van der Waals surface area contributed by atoms with Crippen molar-refractivity contribution in [1.29, 1.82) is 0 Å². The van der Waals surface area contributed by atoms with Crippen LogP contribution in [-0.4, -0.2) is 0 Å². The molecule has 0 radical (unpaired) electrons. The van der Waals surface area contributed by atoms with Crippen molar-refractivity contribution in [3.63, 3.8) is 0 Å². The van der Waals surface area contributed by atoms with Crippen LogP contribution in [0.5, 0.6) is 0 Å². The summed E-state index contributed by atoms with van der Waals surface area (Å²) in [6, 6.07) is 76.2. The number of anilines is 6. The molecule has 0 saturated heterocycles. The molecule has 0 heterocycles. The van der Waals surface area contributed by atoms with E-state index in [4.69, 9.17) is 0 Å². The maximum absolute atomic E-state index is 2.43. The standard InChI is InChI=1S/C65H54N2/c1-43-15-28-56(37-45(43)3)66(58-32-26-49-11-7-9-13-53(49)40-58)55-30-24-52(25-31-55)51-22-19-47(20-23-51)17-18-48-21-35-61-62-36-34-60(42-64(62)65(5,6)63(61)39-48)67(57-29-16-44(2)46(4)38-57)59-33-27-50-12-8-10-14-54(50)41-59/h7-42H,1-6H3/b18-17+.